The second-order valence-electron chi connectivity index (χ2n) is 8.27. The monoisotopic (exact) mass is 388 g/mol. The summed E-state index contributed by atoms with van der Waals surface area (Å²) in [7, 11) is 1.75. The second-order valence-corrected chi connectivity index (χ2v) is 8.27. The van der Waals surface area contributed by atoms with Crippen LogP contribution >= 0.6 is 0 Å². The van der Waals surface area contributed by atoms with E-state index in [1.807, 2.05) is 20.8 Å². The summed E-state index contributed by atoms with van der Waals surface area (Å²) in [5.41, 5.74) is 1.59. The van der Waals surface area contributed by atoms with E-state index in [0.29, 0.717) is 44.2 Å². The first-order valence-corrected chi connectivity index (χ1v) is 9.31. The first kappa shape index (κ1) is 18.5. The van der Waals surface area contributed by atoms with Crippen LogP contribution in [0.5, 0.6) is 0 Å². The average Bonchev–Trinajstić information content (AvgIpc) is 3.23. The van der Waals surface area contributed by atoms with Crippen molar-refractivity contribution in [1.82, 2.24) is 29.7 Å². The molecule has 0 radical (unpaired) electrons. The van der Waals surface area contributed by atoms with Crippen LogP contribution in [0.1, 0.15) is 54.3 Å². The summed E-state index contributed by atoms with van der Waals surface area (Å²) in [4.78, 5) is 33.0. The van der Waals surface area contributed by atoms with Gasteiger partial charge in [-0.05, 0) is 20.8 Å². The molecule has 0 saturated heterocycles. The van der Waals surface area contributed by atoms with E-state index in [1.165, 1.54) is 6.33 Å². The van der Waals surface area contributed by atoms with E-state index in [2.05, 4.69) is 15.2 Å². The molecule has 150 valence electrons. The van der Waals surface area contributed by atoms with Crippen LogP contribution in [-0.2, 0) is 24.2 Å². The van der Waals surface area contributed by atoms with Crippen molar-refractivity contribution >= 4 is 12.0 Å². The predicted molar refractivity (Wildman–Crippen MR) is 96.6 cm³/mol. The molecule has 0 fully saturated rings. The fourth-order valence-corrected chi connectivity index (χ4v) is 3.66. The molecule has 0 bridgehead atoms. The average molecular weight is 388 g/mol. The molecule has 0 N–H and O–H groups in total. The number of carbonyl (C=O) groups is 2. The van der Waals surface area contributed by atoms with E-state index >= 15 is 0 Å². The summed E-state index contributed by atoms with van der Waals surface area (Å²) < 4.78 is 12.4. The molecule has 0 spiro atoms. The van der Waals surface area contributed by atoms with Gasteiger partial charge in [-0.3, -0.25) is 9.48 Å². The summed E-state index contributed by atoms with van der Waals surface area (Å²) in [6.07, 6.45) is 1.56. The van der Waals surface area contributed by atoms with Crippen LogP contribution in [0.3, 0.4) is 0 Å². The minimum atomic E-state index is -0.569. The SMILES string of the molecule is CN1CC(c2ncno2)Cn2nc3c(c2C1=O)CN(C(=O)OC(C)(C)C)CC3. The highest BCUT2D eigenvalue weighted by Crippen LogP contribution is 2.29. The third-order valence-electron chi connectivity index (χ3n) is 4.92. The van der Waals surface area contributed by atoms with Crippen LogP contribution < -0.4 is 0 Å². The highest BCUT2D eigenvalue weighted by Gasteiger charge is 2.37. The van der Waals surface area contributed by atoms with Crippen molar-refractivity contribution < 1.29 is 18.8 Å². The summed E-state index contributed by atoms with van der Waals surface area (Å²) in [5, 5.41) is 8.34. The van der Waals surface area contributed by atoms with E-state index in [4.69, 9.17) is 9.26 Å². The van der Waals surface area contributed by atoms with Crippen LogP contribution in [-0.4, -0.2) is 67.5 Å². The first-order valence-electron chi connectivity index (χ1n) is 9.31. The number of rotatable bonds is 1. The van der Waals surface area contributed by atoms with Crippen molar-refractivity contribution in [3.63, 3.8) is 0 Å². The van der Waals surface area contributed by atoms with E-state index in [1.54, 1.807) is 21.5 Å². The van der Waals surface area contributed by atoms with Crippen LogP contribution in [0, 0.1) is 0 Å². The maximum atomic E-state index is 13.1. The van der Waals surface area contributed by atoms with Crippen molar-refractivity contribution in [3.8, 4) is 0 Å². The van der Waals surface area contributed by atoms with Crippen molar-refractivity contribution in [2.75, 3.05) is 20.1 Å². The Morgan fingerprint density at radius 3 is 2.79 bits per heavy atom. The Kier molecular flexibility index (Phi) is 4.35. The molecule has 10 heteroatoms. The maximum Gasteiger partial charge on any atom is 0.410 e. The number of nitrogens with zero attached hydrogens (tertiary/aromatic N) is 6. The number of likely N-dealkylation sites (N-methyl/N-ethyl adjacent to an activating group) is 1. The van der Waals surface area contributed by atoms with E-state index in [0.717, 1.165) is 11.3 Å². The Morgan fingerprint density at radius 1 is 1.32 bits per heavy atom. The summed E-state index contributed by atoms with van der Waals surface area (Å²) in [6, 6.07) is 0. The molecule has 0 saturated carbocycles. The van der Waals surface area contributed by atoms with Crippen LogP contribution in [0.2, 0.25) is 0 Å². The lowest BCUT2D eigenvalue weighted by atomic mass is 10.1. The van der Waals surface area contributed by atoms with Gasteiger partial charge in [0.25, 0.3) is 5.91 Å². The van der Waals surface area contributed by atoms with Crippen LogP contribution in [0.15, 0.2) is 10.9 Å². The Bertz CT molecular complexity index is 898. The van der Waals surface area contributed by atoms with Gasteiger partial charge in [0.2, 0.25) is 5.89 Å². The Balaban J connectivity index is 1.64. The third kappa shape index (κ3) is 3.34. The number of carbonyl (C=O) groups excluding carboxylic acids is 2. The van der Waals surface area contributed by atoms with E-state index in [-0.39, 0.29) is 17.9 Å². The molecule has 4 heterocycles. The van der Waals surface area contributed by atoms with Crippen molar-refractivity contribution in [2.24, 2.45) is 0 Å². The molecule has 4 rings (SSSR count). The molecule has 2 aliphatic rings. The van der Waals surface area contributed by atoms with Crippen LogP contribution in [0.25, 0.3) is 0 Å². The minimum absolute atomic E-state index is 0.123. The highest BCUT2D eigenvalue weighted by molar-refractivity contribution is 5.94. The van der Waals surface area contributed by atoms with Crippen molar-refractivity contribution in [3.05, 3.63) is 29.2 Å². The maximum absolute atomic E-state index is 13.1. The van der Waals surface area contributed by atoms with Gasteiger partial charge in [0, 0.05) is 32.1 Å². The molecule has 2 amide bonds. The Hall–Kier alpha value is -2.91. The number of hydrogen-bond acceptors (Lipinski definition) is 7. The smallest absolute Gasteiger partial charge is 0.410 e. The van der Waals surface area contributed by atoms with Gasteiger partial charge >= 0.3 is 6.09 Å². The van der Waals surface area contributed by atoms with Crippen molar-refractivity contribution in [1.29, 1.82) is 0 Å². The zero-order chi connectivity index (χ0) is 20.1. The molecular weight excluding hydrogens is 364 g/mol. The largest absolute Gasteiger partial charge is 0.444 e. The number of hydrogen-bond donors (Lipinski definition) is 0. The molecule has 10 nitrogen and oxygen atoms in total. The zero-order valence-electron chi connectivity index (χ0n) is 16.5. The van der Waals surface area contributed by atoms with Gasteiger partial charge in [0.1, 0.15) is 11.3 Å². The lowest BCUT2D eigenvalue weighted by Gasteiger charge is -2.30. The molecule has 0 aromatic carbocycles. The molecule has 1 atom stereocenters. The van der Waals surface area contributed by atoms with Gasteiger partial charge in [-0.2, -0.15) is 10.1 Å². The molecule has 28 heavy (non-hydrogen) atoms. The Morgan fingerprint density at radius 2 is 2.11 bits per heavy atom. The predicted octanol–water partition coefficient (Wildman–Crippen LogP) is 1.43. The lowest BCUT2D eigenvalue weighted by molar-refractivity contribution is 0.0222. The van der Waals surface area contributed by atoms with Crippen LogP contribution in [0.4, 0.5) is 4.79 Å². The summed E-state index contributed by atoms with van der Waals surface area (Å²) in [5.74, 6) is 0.221. The quantitative estimate of drug-likeness (QED) is 0.727. The van der Waals surface area contributed by atoms with Gasteiger partial charge in [-0.15, -0.1) is 0 Å². The fraction of sp³-hybridized carbons (Fsp3) is 0.611. The summed E-state index contributed by atoms with van der Waals surface area (Å²) in [6.45, 7) is 7.25. The standard InChI is InChI=1S/C18H24N6O4/c1-18(2,3)27-17(26)23-6-5-13-12(9-23)14-16(25)22(4)7-11(8-24(14)21-13)15-19-10-20-28-15/h10-11H,5-9H2,1-4H3. The molecular formula is C18H24N6O4. The molecule has 2 aromatic rings. The van der Waals surface area contributed by atoms with Gasteiger partial charge in [-0.25, -0.2) is 4.79 Å². The lowest BCUT2D eigenvalue weighted by Crippen LogP contribution is -2.40. The third-order valence-corrected chi connectivity index (χ3v) is 4.92. The molecule has 2 aromatic heterocycles. The fourth-order valence-electron chi connectivity index (χ4n) is 3.66. The normalized spacial score (nSPS) is 19.9. The van der Waals surface area contributed by atoms with Gasteiger partial charge in [0.15, 0.2) is 6.33 Å². The van der Waals surface area contributed by atoms with Gasteiger partial charge in [0.05, 0.1) is 24.7 Å². The topological polar surface area (TPSA) is 107 Å². The van der Waals surface area contributed by atoms with Gasteiger partial charge in [-0.1, -0.05) is 5.16 Å². The van der Waals surface area contributed by atoms with E-state index < -0.39 is 5.60 Å². The first-order chi connectivity index (χ1) is 13.2. The van der Waals surface area contributed by atoms with Gasteiger partial charge < -0.3 is 19.1 Å². The molecule has 0 aliphatic carbocycles. The second kappa shape index (κ2) is 6.61. The van der Waals surface area contributed by atoms with Crippen molar-refractivity contribution in [2.45, 2.75) is 51.8 Å². The number of ether oxygens (including phenoxy) is 1. The Labute approximate surface area is 162 Å². The number of fused-ring (bicyclic) bond motifs is 3. The number of amides is 2. The number of aromatic nitrogens is 4. The zero-order valence-corrected chi connectivity index (χ0v) is 16.5. The highest BCUT2D eigenvalue weighted by atomic mass is 16.6. The molecule has 1 unspecified atom stereocenters. The summed E-state index contributed by atoms with van der Waals surface area (Å²) >= 11 is 0. The van der Waals surface area contributed by atoms with E-state index in [9.17, 15) is 9.59 Å². The molecule has 2 aliphatic heterocycles. The minimum Gasteiger partial charge on any atom is -0.444 e.